The van der Waals surface area contributed by atoms with Gasteiger partial charge in [-0.2, -0.15) is 0 Å². The molecule has 4 unspecified atom stereocenters. The molecule has 0 saturated carbocycles. The summed E-state index contributed by atoms with van der Waals surface area (Å²) in [4.78, 5) is 52.5. The number of carbonyl (C=O) groups excluding carboxylic acids is 3. The van der Waals surface area contributed by atoms with E-state index >= 15 is 0 Å². The summed E-state index contributed by atoms with van der Waals surface area (Å²) in [6, 6.07) is 5.24. The van der Waals surface area contributed by atoms with Crippen LogP contribution in [-0.2, 0) is 14.3 Å². The van der Waals surface area contributed by atoms with Gasteiger partial charge in [-0.25, -0.2) is 4.79 Å². The Kier molecular flexibility index (Phi) is 4.53. The van der Waals surface area contributed by atoms with Crippen LogP contribution in [0.25, 0.3) is 0 Å². The minimum absolute atomic E-state index is 0.0941. The number of benzene rings is 1. The van der Waals surface area contributed by atoms with E-state index in [1.807, 2.05) is 0 Å². The first-order chi connectivity index (χ1) is 14.0. The van der Waals surface area contributed by atoms with Gasteiger partial charge in [-0.3, -0.25) is 24.6 Å². The number of carboxylic acids is 1. The number of amides is 2. The fourth-order valence-corrected chi connectivity index (χ4v) is 6.49. The normalized spacial score (nSPS) is 30.1. The maximum Gasteiger partial charge on any atom is 0.333 e. The van der Waals surface area contributed by atoms with Gasteiger partial charge in [-0.1, -0.05) is 32.9 Å². The van der Waals surface area contributed by atoms with E-state index in [1.165, 1.54) is 12.1 Å². The number of cyclic esters (lactones) is 1. The molecule has 30 heavy (non-hydrogen) atoms. The van der Waals surface area contributed by atoms with Crippen molar-refractivity contribution in [3.05, 3.63) is 35.4 Å². The van der Waals surface area contributed by atoms with Gasteiger partial charge in [0.2, 0.25) is 0 Å². The predicted octanol–water partition coefficient (Wildman–Crippen LogP) is 0.471. The molecule has 3 N–H and O–H groups in total. The zero-order valence-corrected chi connectivity index (χ0v) is 17.5. The Morgan fingerprint density at radius 2 is 1.80 bits per heavy atom. The van der Waals surface area contributed by atoms with Crippen molar-refractivity contribution in [2.24, 2.45) is 5.41 Å². The number of carbonyl (C=O) groups is 4. The Labute approximate surface area is 176 Å². The van der Waals surface area contributed by atoms with Crippen LogP contribution in [0.3, 0.4) is 0 Å². The second kappa shape index (κ2) is 6.53. The number of carboxylic acid groups (broad SMARTS) is 1. The van der Waals surface area contributed by atoms with Crippen molar-refractivity contribution in [2.75, 3.05) is 13.2 Å². The van der Waals surface area contributed by atoms with Crippen LogP contribution in [0.4, 0.5) is 0 Å². The number of aliphatic hydroxyl groups is 1. The average molecular weight is 434 g/mol. The molecule has 0 spiro atoms. The molecule has 2 fully saturated rings. The topological polar surface area (TPSA) is 133 Å². The zero-order chi connectivity index (χ0) is 22.1. The molecule has 4 atom stereocenters. The van der Waals surface area contributed by atoms with Crippen LogP contribution < -0.4 is 5.32 Å². The van der Waals surface area contributed by atoms with E-state index in [1.54, 1.807) is 32.9 Å². The molecule has 1 aromatic rings. The van der Waals surface area contributed by atoms with Crippen molar-refractivity contribution >= 4 is 35.5 Å². The van der Waals surface area contributed by atoms with Crippen LogP contribution in [0.15, 0.2) is 24.3 Å². The fraction of sp³-hybridized carbons (Fsp3) is 0.500. The van der Waals surface area contributed by atoms with E-state index < -0.39 is 57.5 Å². The molecule has 160 valence electrons. The number of aliphatic carboxylic acids is 1. The number of nitrogens with one attached hydrogen (secondary N) is 1. The standard InChI is InChI=1S/C20H22N2O7S/c1-18(2,3)20(17(27)28,16-21-12-15(26)29-9-19(12,8-23)30-16)22-13(24)10-6-4-5-7-11(10)14(22)25/h4-7,12,16,21,23H,8-9H2,1-3H3,(H,27,28). The van der Waals surface area contributed by atoms with Crippen molar-refractivity contribution < 1.29 is 34.1 Å². The highest BCUT2D eigenvalue weighted by atomic mass is 32.2. The van der Waals surface area contributed by atoms with Crippen LogP contribution >= 0.6 is 11.8 Å². The number of thioether (sulfide) groups is 1. The summed E-state index contributed by atoms with van der Waals surface area (Å²) in [5.41, 5.74) is -2.90. The summed E-state index contributed by atoms with van der Waals surface area (Å²) in [6.07, 6.45) is 0. The lowest BCUT2D eigenvalue weighted by molar-refractivity contribution is -0.156. The molecule has 9 nitrogen and oxygen atoms in total. The molecule has 0 radical (unpaired) electrons. The monoisotopic (exact) mass is 434 g/mol. The summed E-state index contributed by atoms with van der Waals surface area (Å²) in [6.45, 7) is 4.36. The maximum atomic E-state index is 13.3. The van der Waals surface area contributed by atoms with Crippen molar-refractivity contribution in [2.45, 2.75) is 42.5 Å². The molecule has 3 aliphatic heterocycles. The van der Waals surface area contributed by atoms with E-state index in [-0.39, 0.29) is 17.7 Å². The van der Waals surface area contributed by atoms with Gasteiger partial charge < -0.3 is 14.9 Å². The lowest BCUT2D eigenvalue weighted by Gasteiger charge is -2.49. The van der Waals surface area contributed by atoms with Gasteiger partial charge in [0.05, 0.1) is 23.1 Å². The van der Waals surface area contributed by atoms with Crippen molar-refractivity contribution in [3.63, 3.8) is 0 Å². The molecule has 3 heterocycles. The first kappa shape index (κ1) is 20.8. The predicted molar refractivity (Wildman–Crippen MR) is 106 cm³/mol. The highest BCUT2D eigenvalue weighted by molar-refractivity contribution is 8.01. The number of rotatable bonds is 4. The summed E-state index contributed by atoms with van der Waals surface area (Å²) in [7, 11) is 0. The molecule has 2 saturated heterocycles. The van der Waals surface area contributed by atoms with Crippen molar-refractivity contribution in [3.8, 4) is 0 Å². The van der Waals surface area contributed by atoms with Gasteiger partial charge in [0.25, 0.3) is 11.8 Å². The van der Waals surface area contributed by atoms with E-state index in [4.69, 9.17) is 4.74 Å². The summed E-state index contributed by atoms with van der Waals surface area (Å²) >= 11 is 1.03. The smallest absolute Gasteiger partial charge is 0.333 e. The Hall–Kier alpha value is -2.43. The minimum atomic E-state index is -2.04. The molecular formula is C20H22N2O7S. The van der Waals surface area contributed by atoms with E-state index in [9.17, 15) is 29.4 Å². The molecular weight excluding hydrogens is 412 g/mol. The number of aliphatic hydroxyl groups excluding tert-OH is 1. The minimum Gasteiger partial charge on any atom is -0.479 e. The SMILES string of the molecule is CC(C)(C)C(C(=O)O)(C1NC2C(=O)OCC2(CO)S1)N1C(=O)c2ccccc2C1=O. The highest BCUT2D eigenvalue weighted by Gasteiger charge is 2.70. The lowest BCUT2D eigenvalue weighted by Crippen LogP contribution is -2.72. The molecule has 4 rings (SSSR count). The summed E-state index contributed by atoms with van der Waals surface area (Å²) in [5, 5.41) is 22.4. The van der Waals surface area contributed by atoms with E-state index in [0.29, 0.717) is 0 Å². The van der Waals surface area contributed by atoms with E-state index in [0.717, 1.165) is 16.7 Å². The second-order valence-corrected chi connectivity index (χ2v) is 10.3. The van der Waals surface area contributed by atoms with Crippen LogP contribution in [0, 0.1) is 5.41 Å². The van der Waals surface area contributed by atoms with Crippen molar-refractivity contribution in [1.29, 1.82) is 0 Å². The maximum absolute atomic E-state index is 13.3. The zero-order valence-electron chi connectivity index (χ0n) is 16.7. The van der Waals surface area contributed by atoms with Crippen LogP contribution in [-0.4, -0.2) is 73.8 Å². The van der Waals surface area contributed by atoms with Crippen LogP contribution in [0.2, 0.25) is 0 Å². The number of esters is 1. The van der Waals surface area contributed by atoms with E-state index in [2.05, 4.69) is 5.32 Å². The van der Waals surface area contributed by atoms with Gasteiger partial charge in [0.1, 0.15) is 17.4 Å². The molecule has 2 amide bonds. The van der Waals surface area contributed by atoms with Gasteiger partial charge in [-0.15, -0.1) is 11.8 Å². The second-order valence-electron chi connectivity index (χ2n) is 8.74. The molecule has 0 bridgehead atoms. The summed E-state index contributed by atoms with van der Waals surface area (Å²) in [5.74, 6) is -3.38. The van der Waals surface area contributed by atoms with Crippen LogP contribution in [0.5, 0.6) is 0 Å². The number of ether oxygens (including phenoxy) is 1. The Bertz CT molecular complexity index is 939. The lowest BCUT2D eigenvalue weighted by atomic mass is 9.71. The average Bonchev–Trinajstić information content (AvgIpc) is 3.28. The molecule has 1 aromatic carbocycles. The van der Waals surface area contributed by atoms with Crippen molar-refractivity contribution in [1.82, 2.24) is 10.2 Å². The highest BCUT2D eigenvalue weighted by Crippen LogP contribution is 2.53. The molecule has 0 aromatic heterocycles. The number of fused-ring (bicyclic) bond motifs is 2. The Morgan fingerprint density at radius 3 is 2.23 bits per heavy atom. The third kappa shape index (κ3) is 2.44. The Balaban J connectivity index is 1.89. The molecule has 3 aliphatic rings. The molecule has 0 aliphatic carbocycles. The first-order valence-corrected chi connectivity index (χ1v) is 10.3. The fourth-order valence-electron chi connectivity index (χ4n) is 4.58. The third-order valence-corrected chi connectivity index (χ3v) is 7.82. The number of imide groups is 1. The van der Waals surface area contributed by atoms with Gasteiger partial charge in [0, 0.05) is 0 Å². The third-order valence-electron chi connectivity index (χ3n) is 6.15. The largest absolute Gasteiger partial charge is 0.479 e. The number of hydrogen-bond acceptors (Lipinski definition) is 8. The van der Waals surface area contributed by atoms with Gasteiger partial charge in [0.15, 0.2) is 5.54 Å². The van der Waals surface area contributed by atoms with Gasteiger partial charge >= 0.3 is 11.9 Å². The summed E-state index contributed by atoms with van der Waals surface area (Å²) < 4.78 is 3.97. The molecule has 10 heteroatoms. The number of nitrogens with zero attached hydrogens (tertiary/aromatic N) is 1. The van der Waals surface area contributed by atoms with Crippen LogP contribution in [0.1, 0.15) is 41.5 Å². The number of hydrogen-bond donors (Lipinski definition) is 3. The van der Waals surface area contributed by atoms with Gasteiger partial charge in [-0.05, 0) is 17.5 Å². The quantitative estimate of drug-likeness (QED) is 0.457. The first-order valence-electron chi connectivity index (χ1n) is 9.44. The Morgan fingerprint density at radius 1 is 1.23 bits per heavy atom.